The highest BCUT2D eigenvalue weighted by Gasteiger charge is 2.27. The van der Waals surface area contributed by atoms with E-state index in [0.29, 0.717) is 11.8 Å². The molecule has 1 aliphatic rings. The molecule has 0 saturated heterocycles. The Labute approximate surface area is 94.1 Å². The van der Waals surface area contributed by atoms with Crippen LogP contribution < -0.4 is 11.5 Å². The molecule has 1 aliphatic carbocycles. The third-order valence-corrected chi connectivity index (χ3v) is 3.82. The van der Waals surface area contributed by atoms with Crippen molar-refractivity contribution in [1.82, 2.24) is 0 Å². The monoisotopic (exact) mass is 210 g/mol. The van der Waals surface area contributed by atoms with E-state index in [1.165, 1.54) is 32.1 Å². The van der Waals surface area contributed by atoms with Crippen molar-refractivity contribution in [3.8, 4) is 0 Å². The first-order chi connectivity index (χ1) is 7.28. The van der Waals surface area contributed by atoms with E-state index >= 15 is 0 Å². The summed E-state index contributed by atoms with van der Waals surface area (Å²) in [5.74, 6) is 1.23. The Bertz CT molecular complexity index is 201. The molecular formula is C13H26N2. The average Bonchev–Trinajstić information content (AvgIpc) is 2.30. The van der Waals surface area contributed by atoms with Gasteiger partial charge in [-0.1, -0.05) is 31.4 Å². The summed E-state index contributed by atoms with van der Waals surface area (Å²) < 4.78 is 0. The van der Waals surface area contributed by atoms with Crippen LogP contribution in [-0.4, -0.2) is 13.1 Å². The Morgan fingerprint density at radius 1 is 1.07 bits per heavy atom. The van der Waals surface area contributed by atoms with Gasteiger partial charge in [0, 0.05) is 0 Å². The lowest BCUT2D eigenvalue weighted by Gasteiger charge is -2.34. The number of hydrogen-bond donors (Lipinski definition) is 2. The number of nitrogens with two attached hydrogens (primary N) is 2. The van der Waals surface area contributed by atoms with Gasteiger partial charge in [-0.05, 0) is 50.6 Å². The predicted molar refractivity (Wildman–Crippen MR) is 66.5 cm³/mol. The summed E-state index contributed by atoms with van der Waals surface area (Å²) in [6.45, 7) is 6.11. The van der Waals surface area contributed by atoms with Gasteiger partial charge in [-0.3, -0.25) is 0 Å². The van der Waals surface area contributed by atoms with Crippen LogP contribution in [0.1, 0.15) is 46.0 Å². The minimum atomic E-state index is 0.613. The van der Waals surface area contributed by atoms with Crippen LogP contribution in [0.4, 0.5) is 0 Å². The minimum Gasteiger partial charge on any atom is -0.330 e. The smallest absolute Gasteiger partial charge is 0.00113 e. The molecule has 0 spiro atoms. The SMILES string of the molecule is CCC(CC)=C1C(CN)CCCC1CN. The van der Waals surface area contributed by atoms with Crippen LogP contribution in [0.15, 0.2) is 11.1 Å². The summed E-state index contributed by atoms with van der Waals surface area (Å²) in [4.78, 5) is 0. The number of hydrogen-bond acceptors (Lipinski definition) is 2. The summed E-state index contributed by atoms with van der Waals surface area (Å²) in [5, 5.41) is 0. The van der Waals surface area contributed by atoms with Gasteiger partial charge in [0.1, 0.15) is 0 Å². The van der Waals surface area contributed by atoms with Crippen LogP contribution in [0.5, 0.6) is 0 Å². The molecule has 0 heterocycles. The zero-order chi connectivity index (χ0) is 11.3. The Kier molecular flexibility index (Phi) is 5.34. The van der Waals surface area contributed by atoms with Crippen LogP contribution in [0.2, 0.25) is 0 Å². The van der Waals surface area contributed by atoms with Crippen molar-refractivity contribution < 1.29 is 0 Å². The van der Waals surface area contributed by atoms with Crippen molar-refractivity contribution in [2.45, 2.75) is 46.0 Å². The van der Waals surface area contributed by atoms with E-state index in [1.54, 1.807) is 11.1 Å². The molecule has 2 unspecified atom stereocenters. The molecule has 1 saturated carbocycles. The van der Waals surface area contributed by atoms with Crippen molar-refractivity contribution in [2.24, 2.45) is 23.3 Å². The third-order valence-electron chi connectivity index (χ3n) is 3.82. The molecular weight excluding hydrogens is 184 g/mol. The zero-order valence-corrected chi connectivity index (χ0v) is 10.3. The van der Waals surface area contributed by atoms with Crippen molar-refractivity contribution in [3.63, 3.8) is 0 Å². The van der Waals surface area contributed by atoms with Gasteiger partial charge < -0.3 is 11.5 Å². The van der Waals surface area contributed by atoms with E-state index in [9.17, 15) is 0 Å². The molecule has 1 rings (SSSR count). The van der Waals surface area contributed by atoms with Crippen molar-refractivity contribution in [2.75, 3.05) is 13.1 Å². The Morgan fingerprint density at radius 2 is 1.53 bits per heavy atom. The minimum absolute atomic E-state index is 0.613. The molecule has 0 aromatic rings. The summed E-state index contributed by atoms with van der Waals surface area (Å²) in [6, 6.07) is 0. The van der Waals surface area contributed by atoms with E-state index in [4.69, 9.17) is 11.5 Å². The largest absolute Gasteiger partial charge is 0.330 e. The molecule has 15 heavy (non-hydrogen) atoms. The van der Waals surface area contributed by atoms with Gasteiger partial charge in [0.2, 0.25) is 0 Å². The maximum absolute atomic E-state index is 5.88. The Morgan fingerprint density at radius 3 is 1.87 bits per heavy atom. The topological polar surface area (TPSA) is 52.0 Å². The molecule has 0 aromatic heterocycles. The van der Waals surface area contributed by atoms with E-state index in [0.717, 1.165) is 13.1 Å². The average molecular weight is 210 g/mol. The van der Waals surface area contributed by atoms with E-state index in [-0.39, 0.29) is 0 Å². The third kappa shape index (κ3) is 2.82. The van der Waals surface area contributed by atoms with Gasteiger partial charge in [-0.2, -0.15) is 0 Å². The number of allylic oxidation sites excluding steroid dienone is 1. The molecule has 0 amide bonds. The van der Waals surface area contributed by atoms with E-state index in [2.05, 4.69) is 13.8 Å². The molecule has 2 heteroatoms. The highest BCUT2D eigenvalue weighted by atomic mass is 14.6. The van der Waals surface area contributed by atoms with Gasteiger partial charge >= 0.3 is 0 Å². The summed E-state index contributed by atoms with van der Waals surface area (Å²) >= 11 is 0. The van der Waals surface area contributed by atoms with Gasteiger partial charge in [-0.25, -0.2) is 0 Å². The first-order valence-corrected chi connectivity index (χ1v) is 6.40. The molecule has 0 bridgehead atoms. The lowest BCUT2D eigenvalue weighted by Crippen LogP contribution is -2.31. The molecule has 88 valence electrons. The van der Waals surface area contributed by atoms with Crippen LogP contribution in [0.25, 0.3) is 0 Å². The van der Waals surface area contributed by atoms with Gasteiger partial charge in [0.05, 0.1) is 0 Å². The van der Waals surface area contributed by atoms with Crippen molar-refractivity contribution in [3.05, 3.63) is 11.1 Å². The Balaban J connectivity index is 2.96. The summed E-state index contributed by atoms with van der Waals surface area (Å²) in [5.41, 5.74) is 15.0. The lowest BCUT2D eigenvalue weighted by atomic mass is 9.73. The van der Waals surface area contributed by atoms with Crippen LogP contribution >= 0.6 is 0 Å². The summed E-state index contributed by atoms with van der Waals surface area (Å²) in [7, 11) is 0. The second-order valence-corrected chi connectivity index (χ2v) is 4.56. The predicted octanol–water partition coefficient (Wildman–Crippen LogP) is 2.44. The maximum Gasteiger partial charge on any atom is -0.00113 e. The van der Waals surface area contributed by atoms with Gasteiger partial charge in [0.15, 0.2) is 0 Å². The van der Waals surface area contributed by atoms with Crippen molar-refractivity contribution in [1.29, 1.82) is 0 Å². The fraction of sp³-hybridized carbons (Fsp3) is 0.846. The van der Waals surface area contributed by atoms with E-state index < -0.39 is 0 Å². The van der Waals surface area contributed by atoms with Crippen LogP contribution in [-0.2, 0) is 0 Å². The maximum atomic E-state index is 5.88. The highest BCUT2D eigenvalue weighted by molar-refractivity contribution is 5.22. The molecule has 2 atom stereocenters. The first-order valence-electron chi connectivity index (χ1n) is 6.40. The molecule has 0 aliphatic heterocycles. The quantitative estimate of drug-likeness (QED) is 0.700. The molecule has 0 aromatic carbocycles. The fourth-order valence-corrected chi connectivity index (χ4v) is 2.98. The number of rotatable bonds is 4. The normalized spacial score (nSPS) is 26.8. The molecule has 1 fully saturated rings. The summed E-state index contributed by atoms with van der Waals surface area (Å²) in [6.07, 6.45) is 6.17. The van der Waals surface area contributed by atoms with Gasteiger partial charge in [-0.15, -0.1) is 0 Å². The van der Waals surface area contributed by atoms with Crippen molar-refractivity contribution >= 4 is 0 Å². The van der Waals surface area contributed by atoms with Gasteiger partial charge in [0.25, 0.3) is 0 Å². The standard InChI is InChI=1S/C13H26N2/c1-3-10(4-2)13-11(8-14)6-5-7-12(13)9-15/h11-12H,3-9,14-15H2,1-2H3. The fourth-order valence-electron chi connectivity index (χ4n) is 2.98. The second kappa shape index (κ2) is 6.29. The van der Waals surface area contributed by atoms with Crippen LogP contribution in [0.3, 0.4) is 0 Å². The Hall–Kier alpha value is -0.340. The molecule has 2 nitrogen and oxygen atoms in total. The van der Waals surface area contributed by atoms with E-state index in [1.807, 2.05) is 0 Å². The lowest BCUT2D eigenvalue weighted by molar-refractivity contribution is 0.369. The molecule has 0 radical (unpaired) electrons. The first kappa shape index (κ1) is 12.7. The second-order valence-electron chi connectivity index (χ2n) is 4.56. The zero-order valence-electron chi connectivity index (χ0n) is 10.3. The van der Waals surface area contributed by atoms with Crippen LogP contribution in [0, 0.1) is 11.8 Å². The molecule has 4 N–H and O–H groups in total. The highest BCUT2D eigenvalue weighted by Crippen LogP contribution is 2.37.